The SMILES string of the molecule is N=C(NC(=O)O)c1csc(OCCON)n1. The molecule has 9 heteroatoms. The normalized spacial score (nSPS) is 9.81. The minimum atomic E-state index is -1.31. The largest absolute Gasteiger partial charge is 0.467 e. The van der Waals surface area contributed by atoms with Gasteiger partial charge in [0.1, 0.15) is 18.9 Å². The number of nitrogens with two attached hydrogens (primary N) is 1. The van der Waals surface area contributed by atoms with E-state index in [9.17, 15) is 4.79 Å². The standard InChI is InChI=1S/C7H10N4O4S/c8-5(11-6(12)13)4-3-16-7(10-4)14-1-2-15-9/h3H,1-2,9H2,(H2,8,11)(H,12,13). The van der Waals surface area contributed by atoms with Crippen molar-refractivity contribution in [2.75, 3.05) is 13.2 Å². The molecule has 0 aliphatic heterocycles. The maximum Gasteiger partial charge on any atom is 0.410 e. The van der Waals surface area contributed by atoms with E-state index in [1.54, 1.807) is 0 Å². The molecule has 5 N–H and O–H groups in total. The van der Waals surface area contributed by atoms with Crippen LogP contribution in [0.15, 0.2) is 5.38 Å². The van der Waals surface area contributed by atoms with Gasteiger partial charge >= 0.3 is 6.09 Å². The highest BCUT2D eigenvalue weighted by Crippen LogP contribution is 2.17. The molecule has 1 amide bonds. The minimum Gasteiger partial charge on any atom is -0.467 e. The Bertz CT molecular complexity index is 380. The summed E-state index contributed by atoms with van der Waals surface area (Å²) in [6, 6.07) is 0. The first-order valence-corrected chi connectivity index (χ1v) is 5.00. The van der Waals surface area contributed by atoms with E-state index >= 15 is 0 Å². The number of nitrogens with one attached hydrogen (secondary N) is 2. The number of rotatable bonds is 5. The lowest BCUT2D eigenvalue weighted by Crippen LogP contribution is -2.28. The highest BCUT2D eigenvalue weighted by Gasteiger charge is 2.10. The third kappa shape index (κ3) is 3.81. The van der Waals surface area contributed by atoms with Gasteiger partial charge in [-0.3, -0.25) is 10.7 Å². The Morgan fingerprint density at radius 1 is 1.69 bits per heavy atom. The monoisotopic (exact) mass is 246 g/mol. The summed E-state index contributed by atoms with van der Waals surface area (Å²) in [6.07, 6.45) is -1.31. The Morgan fingerprint density at radius 2 is 2.44 bits per heavy atom. The molecule has 0 spiro atoms. The van der Waals surface area contributed by atoms with Crippen molar-refractivity contribution in [2.45, 2.75) is 0 Å². The molecule has 0 saturated heterocycles. The minimum absolute atomic E-state index is 0.205. The fraction of sp³-hybridized carbons (Fsp3) is 0.286. The number of thiazole rings is 1. The zero-order valence-electron chi connectivity index (χ0n) is 8.10. The van der Waals surface area contributed by atoms with Gasteiger partial charge in [-0.05, 0) is 0 Å². The molecule has 0 saturated carbocycles. The molecule has 1 heterocycles. The molecule has 0 unspecified atom stereocenters. The summed E-state index contributed by atoms with van der Waals surface area (Å²) in [6.45, 7) is 0.461. The first-order chi connectivity index (χ1) is 7.63. The Balaban J connectivity index is 2.50. The van der Waals surface area contributed by atoms with Crippen LogP contribution in [0.3, 0.4) is 0 Å². The average Bonchev–Trinajstić information content (AvgIpc) is 2.66. The van der Waals surface area contributed by atoms with Crippen LogP contribution in [0.25, 0.3) is 0 Å². The predicted octanol–water partition coefficient (Wildman–Crippen LogP) is 0.00517. The molecular formula is C7H10N4O4S. The van der Waals surface area contributed by atoms with Gasteiger partial charge in [-0.15, -0.1) is 0 Å². The van der Waals surface area contributed by atoms with Gasteiger partial charge in [0.2, 0.25) is 0 Å². The molecule has 1 aromatic heterocycles. The van der Waals surface area contributed by atoms with Crippen LogP contribution in [0.1, 0.15) is 5.69 Å². The number of carbonyl (C=O) groups is 1. The van der Waals surface area contributed by atoms with Crippen LogP contribution in [0.2, 0.25) is 0 Å². The average molecular weight is 246 g/mol. The van der Waals surface area contributed by atoms with Crippen molar-refractivity contribution in [2.24, 2.45) is 5.90 Å². The maximum absolute atomic E-state index is 10.3. The number of carboxylic acid groups (broad SMARTS) is 1. The van der Waals surface area contributed by atoms with Crippen molar-refractivity contribution in [1.29, 1.82) is 5.41 Å². The van der Waals surface area contributed by atoms with Gasteiger partial charge in [0.05, 0.1) is 0 Å². The van der Waals surface area contributed by atoms with E-state index in [0.717, 1.165) is 11.3 Å². The molecular weight excluding hydrogens is 236 g/mol. The van der Waals surface area contributed by atoms with E-state index in [4.69, 9.17) is 21.1 Å². The highest BCUT2D eigenvalue weighted by molar-refractivity contribution is 7.11. The van der Waals surface area contributed by atoms with E-state index in [0.29, 0.717) is 5.19 Å². The van der Waals surface area contributed by atoms with E-state index in [1.807, 2.05) is 5.32 Å². The zero-order chi connectivity index (χ0) is 12.0. The Hall–Kier alpha value is -1.71. The van der Waals surface area contributed by atoms with Gasteiger partial charge < -0.3 is 14.7 Å². The quantitative estimate of drug-likeness (QED) is 0.250. The summed E-state index contributed by atoms with van der Waals surface area (Å²) in [7, 11) is 0. The molecule has 8 nitrogen and oxygen atoms in total. The summed E-state index contributed by atoms with van der Waals surface area (Å²) >= 11 is 1.15. The number of amidine groups is 1. The van der Waals surface area contributed by atoms with E-state index in [1.165, 1.54) is 5.38 Å². The molecule has 16 heavy (non-hydrogen) atoms. The van der Waals surface area contributed by atoms with Crippen LogP contribution in [-0.2, 0) is 4.84 Å². The van der Waals surface area contributed by atoms with Crippen LogP contribution in [0, 0.1) is 5.41 Å². The van der Waals surface area contributed by atoms with Crippen LogP contribution in [0.4, 0.5) is 4.79 Å². The van der Waals surface area contributed by atoms with Crippen LogP contribution in [-0.4, -0.2) is 35.2 Å². The Kier molecular flexibility index (Phi) is 4.64. The zero-order valence-corrected chi connectivity index (χ0v) is 8.91. The van der Waals surface area contributed by atoms with E-state index in [2.05, 4.69) is 9.82 Å². The fourth-order valence-electron chi connectivity index (χ4n) is 0.786. The fourth-order valence-corrected chi connectivity index (χ4v) is 1.47. The van der Waals surface area contributed by atoms with Crippen LogP contribution in [0.5, 0.6) is 5.19 Å². The first-order valence-electron chi connectivity index (χ1n) is 4.12. The number of ether oxygens (including phenoxy) is 1. The number of aromatic nitrogens is 1. The van der Waals surface area contributed by atoms with Crippen molar-refractivity contribution in [1.82, 2.24) is 10.3 Å². The lowest BCUT2D eigenvalue weighted by molar-refractivity contribution is 0.102. The topological polar surface area (TPSA) is 131 Å². The highest BCUT2D eigenvalue weighted by atomic mass is 32.1. The van der Waals surface area contributed by atoms with Gasteiger partial charge in [0.15, 0.2) is 5.84 Å². The molecule has 0 aliphatic carbocycles. The third-order valence-corrected chi connectivity index (χ3v) is 2.15. The molecule has 88 valence electrons. The second-order valence-electron chi connectivity index (χ2n) is 2.52. The van der Waals surface area contributed by atoms with Gasteiger partial charge in [-0.1, -0.05) is 11.3 Å². The molecule has 1 aromatic rings. The van der Waals surface area contributed by atoms with E-state index < -0.39 is 6.09 Å². The van der Waals surface area contributed by atoms with Crippen molar-refractivity contribution < 1.29 is 19.5 Å². The van der Waals surface area contributed by atoms with Gasteiger partial charge in [-0.25, -0.2) is 10.7 Å². The molecule has 0 radical (unpaired) electrons. The molecule has 0 aliphatic rings. The lowest BCUT2D eigenvalue weighted by Gasteiger charge is -2.00. The molecule has 0 fully saturated rings. The van der Waals surface area contributed by atoms with Crippen LogP contribution >= 0.6 is 11.3 Å². The van der Waals surface area contributed by atoms with Crippen molar-refractivity contribution in [3.63, 3.8) is 0 Å². The number of hydrogen-bond acceptors (Lipinski definition) is 7. The van der Waals surface area contributed by atoms with Gasteiger partial charge in [-0.2, -0.15) is 4.98 Å². The first kappa shape index (κ1) is 12.4. The van der Waals surface area contributed by atoms with Crippen molar-refractivity contribution in [3.05, 3.63) is 11.1 Å². The van der Waals surface area contributed by atoms with E-state index in [-0.39, 0.29) is 24.7 Å². The Labute approximate surface area is 94.5 Å². The predicted molar refractivity (Wildman–Crippen MR) is 55.7 cm³/mol. The second-order valence-corrected chi connectivity index (χ2v) is 3.34. The van der Waals surface area contributed by atoms with Crippen LogP contribution < -0.4 is 16.0 Å². The molecule has 1 rings (SSSR count). The molecule has 0 bridgehead atoms. The number of nitrogens with zero attached hydrogens (tertiary/aromatic N) is 1. The van der Waals surface area contributed by atoms with Gasteiger partial charge in [0.25, 0.3) is 5.19 Å². The maximum atomic E-state index is 10.3. The molecule has 0 aromatic carbocycles. The third-order valence-electron chi connectivity index (χ3n) is 1.40. The second kappa shape index (κ2) is 6.00. The number of amides is 1. The summed E-state index contributed by atoms with van der Waals surface area (Å²) in [4.78, 5) is 18.4. The lowest BCUT2D eigenvalue weighted by atomic mass is 10.4. The summed E-state index contributed by atoms with van der Waals surface area (Å²) in [5.74, 6) is 4.50. The summed E-state index contributed by atoms with van der Waals surface area (Å²) in [5, 5.41) is 19.4. The summed E-state index contributed by atoms with van der Waals surface area (Å²) < 4.78 is 5.11. The molecule has 0 atom stereocenters. The Morgan fingerprint density at radius 3 is 3.06 bits per heavy atom. The number of hydrogen-bond donors (Lipinski definition) is 4. The van der Waals surface area contributed by atoms with Crippen molar-refractivity contribution >= 4 is 23.3 Å². The summed E-state index contributed by atoms with van der Waals surface area (Å²) in [5.41, 5.74) is 0.205. The van der Waals surface area contributed by atoms with Crippen molar-refractivity contribution in [3.8, 4) is 5.19 Å². The van der Waals surface area contributed by atoms with Gasteiger partial charge in [0, 0.05) is 5.38 Å². The smallest absolute Gasteiger partial charge is 0.410 e.